The van der Waals surface area contributed by atoms with Crippen molar-refractivity contribution in [3.05, 3.63) is 204 Å². The van der Waals surface area contributed by atoms with Crippen molar-refractivity contribution in [2.45, 2.75) is 52.9 Å². The Hall–Kier alpha value is -5.40. The Labute approximate surface area is 294 Å². The van der Waals surface area contributed by atoms with Crippen LogP contribution >= 0.6 is 0 Å². The summed E-state index contributed by atoms with van der Waals surface area (Å²) in [6.45, 7) is 21.4. The maximum Gasteiger partial charge on any atom is 0.0470 e. The van der Waals surface area contributed by atoms with E-state index < -0.39 is 0 Å². The molecule has 0 fully saturated rings. The fourth-order valence-corrected chi connectivity index (χ4v) is 7.00. The number of allylic oxidation sites excluding steroid dienone is 14. The van der Waals surface area contributed by atoms with E-state index in [4.69, 9.17) is 0 Å². The van der Waals surface area contributed by atoms with Gasteiger partial charge in [0.15, 0.2) is 0 Å². The molecule has 1 unspecified atom stereocenters. The van der Waals surface area contributed by atoms with E-state index in [-0.39, 0.29) is 11.3 Å². The van der Waals surface area contributed by atoms with Crippen LogP contribution in [0.5, 0.6) is 0 Å². The fraction of sp³-hybridized carbons (Fsp3) is 0.167. The Balaban J connectivity index is 1.62. The second kappa shape index (κ2) is 15.7. The van der Waals surface area contributed by atoms with Gasteiger partial charge in [0, 0.05) is 28.3 Å². The number of benzene rings is 4. The van der Waals surface area contributed by atoms with Crippen LogP contribution in [0.2, 0.25) is 0 Å². The lowest BCUT2D eigenvalue weighted by Crippen LogP contribution is -2.15. The second-order valence-electron chi connectivity index (χ2n) is 13.0. The van der Waals surface area contributed by atoms with Gasteiger partial charge in [-0.3, -0.25) is 0 Å². The van der Waals surface area contributed by atoms with Gasteiger partial charge in [-0.1, -0.05) is 155 Å². The monoisotopic (exact) mass is 639 g/mol. The molecule has 0 heterocycles. The summed E-state index contributed by atoms with van der Waals surface area (Å²) in [7, 11) is 0. The molecule has 1 aliphatic carbocycles. The first kappa shape index (κ1) is 34.9. The minimum absolute atomic E-state index is 0.0201. The van der Waals surface area contributed by atoms with Gasteiger partial charge >= 0.3 is 0 Å². The van der Waals surface area contributed by atoms with Gasteiger partial charge in [0.05, 0.1) is 0 Å². The van der Waals surface area contributed by atoms with Crippen molar-refractivity contribution in [3.8, 4) is 11.1 Å². The number of rotatable bonds is 12. The smallest absolute Gasteiger partial charge is 0.0470 e. The van der Waals surface area contributed by atoms with Gasteiger partial charge in [0.1, 0.15) is 0 Å². The number of fused-ring (bicyclic) bond motifs is 3. The summed E-state index contributed by atoms with van der Waals surface area (Å²) in [6.07, 6.45) is 22.9. The summed E-state index contributed by atoms with van der Waals surface area (Å²) in [5.41, 5.74) is 15.3. The van der Waals surface area contributed by atoms with Gasteiger partial charge in [-0.2, -0.15) is 0 Å². The zero-order valence-electron chi connectivity index (χ0n) is 29.9. The molecule has 0 spiro atoms. The van der Waals surface area contributed by atoms with Crippen molar-refractivity contribution in [3.63, 3.8) is 0 Å². The molecule has 246 valence electrons. The van der Waals surface area contributed by atoms with Crippen molar-refractivity contribution < 1.29 is 0 Å². The minimum Gasteiger partial charge on any atom is -0.355 e. The first-order valence-electron chi connectivity index (χ1n) is 17.3. The third kappa shape index (κ3) is 7.37. The molecule has 0 saturated carbocycles. The third-order valence-electron chi connectivity index (χ3n) is 9.40. The lowest BCUT2D eigenvalue weighted by Gasteiger charge is -2.24. The summed E-state index contributed by atoms with van der Waals surface area (Å²) in [5.74, 6) is 0.0201. The number of hydrogen-bond acceptors (Lipinski definition) is 1. The summed E-state index contributed by atoms with van der Waals surface area (Å²) >= 11 is 0. The van der Waals surface area contributed by atoms with Crippen LogP contribution in [-0.2, 0) is 5.41 Å². The minimum atomic E-state index is -0.101. The number of anilines is 2. The quantitative estimate of drug-likeness (QED) is 0.152. The molecule has 1 N–H and O–H groups in total. The summed E-state index contributed by atoms with van der Waals surface area (Å²) in [4.78, 5) is 0. The second-order valence-corrected chi connectivity index (χ2v) is 13.0. The predicted molar refractivity (Wildman–Crippen MR) is 217 cm³/mol. The molecule has 0 saturated heterocycles. The lowest BCUT2D eigenvalue weighted by molar-refractivity contribution is 0.660. The van der Waals surface area contributed by atoms with Crippen LogP contribution in [-0.4, -0.2) is 0 Å². The van der Waals surface area contributed by atoms with Crippen molar-refractivity contribution in [2.75, 3.05) is 5.32 Å². The van der Waals surface area contributed by atoms with E-state index in [2.05, 4.69) is 187 Å². The van der Waals surface area contributed by atoms with E-state index in [1.807, 2.05) is 25.2 Å². The maximum absolute atomic E-state index is 4.51. The summed E-state index contributed by atoms with van der Waals surface area (Å²) in [5, 5.41) is 3.84. The van der Waals surface area contributed by atoms with Crippen LogP contribution < -0.4 is 5.32 Å². The Morgan fingerprint density at radius 1 is 0.714 bits per heavy atom. The SMILES string of the molecule is C=C/C=C(\C=C/C)C(c1ccc(C(/C=C\C)=C/C)cc1)c1cccc(Nc2cc3c(cc2C(=C)/C=C\C=C/C)C(C)(C)c2ccccc2-3)c1. The Bertz CT molecular complexity index is 2020. The molecule has 1 nitrogen and oxygen atoms in total. The van der Waals surface area contributed by atoms with Crippen LogP contribution in [0.25, 0.3) is 22.3 Å². The summed E-state index contributed by atoms with van der Waals surface area (Å²) in [6, 6.07) is 31.2. The Morgan fingerprint density at radius 2 is 1.47 bits per heavy atom. The normalized spacial score (nSPS) is 14.9. The predicted octanol–water partition coefficient (Wildman–Crippen LogP) is 13.7. The van der Waals surface area contributed by atoms with E-state index in [0.29, 0.717) is 0 Å². The average molecular weight is 640 g/mol. The largest absolute Gasteiger partial charge is 0.355 e. The van der Waals surface area contributed by atoms with E-state index in [9.17, 15) is 0 Å². The van der Waals surface area contributed by atoms with Crippen LogP contribution in [0.4, 0.5) is 11.4 Å². The van der Waals surface area contributed by atoms with Crippen molar-refractivity contribution in [1.29, 1.82) is 0 Å². The maximum atomic E-state index is 4.51. The fourth-order valence-electron chi connectivity index (χ4n) is 7.00. The van der Waals surface area contributed by atoms with Crippen LogP contribution in [0.1, 0.15) is 80.8 Å². The highest BCUT2D eigenvalue weighted by Crippen LogP contribution is 2.51. The van der Waals surface area contributed by atoms with Gasteiger partial charge in [-0.15, -0.1) is 0 Å². The van der Waals surface area contributed by atoms with E-state index in [1.54, 1.807) is 0 Å². The van der Waals surface area contributed by atoms with Crippen LogP contribution in [0, 0.1) is 0 Å². The van der Waals surface area contributed by atoms with Crippen LogP contribution in [0.3, 0.4) is 0 Å². The first-order valence-corrected chi connectivity index (χ1v) is 17.3. The first-order chi connectivity index (χ1) is 23.8. The standard InChI is InChI=1S/C48H49N/c1-9-14-15-22-34(6)42-32-45-43(41-25-16-17-26-44(41)48(45,7)8)33-46(42)49-40-24-18-23-39(31-40)47(37(20-11-3)21-12-4)38-29-27-36(28-30-38)35(13-5)19-10-2/h9-33,47,49H,3,6H2,1-2,4-5,7-8H3/b14-9-,19-10-,21-12-,22-15-,35-13+,37-20+. The van der Waals surface area contributed by atoms with Gasteiger partial charge in [-0.25, -0.2) is 0 Å². The molecule has 0 bridgehead atoms. The molecule has 0 aliphatic heterocycles. The average Bonchev–Trinajstić information content (AvgIpc) is 3.33. The molecule has 4 aromatic rings. The Kier molecular flexibility index (Phi) is 11.2. The lowest BCUT2D eigenvalue weighted by atomic mass is 9.81. The van der Waals surface area contributed by atoms with Crippen molar-refractivity contribution in [1.82, 2.24) is 0 Å². The highest BCUT2D eigenvalue weighted by atomic mass is 14.9. The molecule has 4 aromatic carbocycles. The van der Waals surface area contributed by atoms with Gasteiger partial charge < -0.3 is 5.32 Å². The van der Waals surface area contributed by atoms with Gasteiger partial charge in [0.25, 0.3) is 0 Å². The van der Waals surface area contributed by atoms with E-state index >= 15 is 0 Å². The highest BCUT2D eigenvalue weighted by Gasteiger charge is 2.36. The number of nitrogens with one attached hydrogen (secondary N) is 1. The highest BCUT2D eigenvalue weighted by molar-refractivity contribution is 5.91. The molecule has 0 amide bonds. The van der Waals surface area contributed by atoms with Crippen molar-refractivity contribution in [2.24, 2.45) is 0 Å². The van der Waals surface area contributed by atoms with Crippen molar-refractivity contribution >= 4 is 22.5 Å². The van der Waals surface area contributed by atoms with Gasteiger partial charge in [-0.05, 0) is 108 Å². The molecule has 1 heteroatoms. The summed E-state index contributed by atoms with van der Waals surface area (Å²) < 4.78 is 0. The third-order valence-corrected chi connectivity index (χ3v) is 9.40. The molecule has 0 aromatic heterocycles. The molecular weight excluding hydrogens is 591 g/mol. The zero-order valence-corrected chi connectivity index (χ0v) is 29.9. The molecular formula is C48H49N. The van der Waals surface area contributed by atoms with Crippen LogP contribution in [0.15, 0.2) is 170 Å². The molecule has 1 atom stereocenters. The van der Waals surface area contributed by atoms with Gasteiger partial charge in [0.2, 0.25) is 0 Å². The topological polar surface area (TPSA) is 12.0 Å². The molecule has 5 rings (SSSR count). The molecule has 49 heavy (non-hydrogen) atoms. The molecule has 0 radical (unpaired) electrons. The zero-order chi connectivity index (χ0) is 35.0. The van der Waals surface area contributed by atoms with E-state index in [0.717, 1.165) is 22.5 Å². The Morgan fingerprint density at radius 3 is 2.16 bits per heavy atom. The molecule has 1 aliphatic rings. The number of hydrogen-bond donors (Lipinski definition) is 1. The van der Waals surface area contributed by atoms with E-state index in [1.165, 1.54) is 50.1 Å².